The largest absolute Gasteiger partial charge is 0.332 e. The highest BCUT2D eigenvalue weighted by molar-refractivity contribution is 7.89. The molecule has 1 fully saturated rings. The van der Waals surface area contributed by atoms with Crippen molar-refractivity contribution in [3.8, 4) is 0 Å². The Bertz CT molecular complexity index is 510. The maximum atomic E-state index is 12.2. The fourth-order valence-corrected chi connectivity index (χ4v) is 3.93. The topological polar surface area (TPSA) is 74.8 Å². The second-order valence-electron chi connectivity index (χ2n) is 5.31. The molecule has 0 radical (unpaired) electrons. The standard InChI is InChI=1S/C13H23N3O2S/c1-3-10-6-5-7-11(8-10)16-19(17,18)13-9-14-12(4-2)15-13/h9-11,16H,3-8H2,1-2H3,(H,14,15). The second kappa shape index (κ2) is 6.05. The molecule has 1 aliphatic rings. The van der Waals surface area contributed by atoms with Gasteiger partial charge in [-0.3, -0.25) is 0 Å². The summed E-state index contributed by atoms with van der Waals surface area (Å²) in [6, 6.07) is 0.0667. The predicted molar refractivity (Wildman–Crippen MR) is 74.3 cm³/mol. The van der Waals surface area contributed by atoms with Crippen LogP contribution in [-0.4, -0.2) is 24.4 Å². The van der Waals surface area contributed by atoms with Gasteiger partial charge in [0.1, 0.15) is 5.82 Å². The van der Waals surface area contributed by atoms with Crippen LogP contribution in [0.1, 0.15) is 51.8 Å². The Labute approximate surface area is 115 Å². The van der Waals surface area contributed by atoms with E-state index in [0.29, 0.717) is 18.2 Å². The van der Waals surface area contributed by atoms with E-state index >= 15 is 0 Å². The molecule has 1 heterocycles. The lowest BCUT2D eigenvalue weighted by Crippen LogP contribution is -2.38. The Kier molecular flexibility index (Phi) is 4.62. The monoisotopic (exact) mass is 285 g/mol. The normalized spacial score (nSPS) is 24.5. The first-order valence-corrected chi connectivity index (χ1v) is 8.59. The number of aryl methyl sites for hydroxylation is 1. The van der Waals surface area contributed by atoms with E-state index in [-0.39, 0.29) is 11.1 Å². The van der Waals surface area contributed by atoms with Crippen LogP contribution in [0.15, 0.2) is 11.2 Å². The lowest BCUT2D eigenvalue weighted by molar-refractivity contribution is 0.301. The summed E-state index contributed by atoms with van der Waals surface area (Å²) in [5, 5.41) is 0.183. The van der Waals surface area contributed by atoms with Crippen molar-refractivity contribution >= 4 is 10.0 Å². The van der Waals surface area contributed by atoms with Gasteiger partial charge in [0.05, 0.1) is 6.20 Å². The molecule has 6 heteroatoms. The fraction of sp³-hybridized carbons (Fsp3) is 0.769. The quantitative estimate of drug-likeness (QED) is 0.871. The molecular weight excluding hydrogens is 262 g/mol. The number of nitrogens with zero attached hydrogens (tertiary/aromatic N) is 1. The van der Waals surface area contributed by atoms with Crippen LogP contribution in [0.5, 0.6) is 0 Å². The van der Waals surface area contributed by atoms with Crippen molar-refractivity contribution in [2.45, 2.75) is 63.4 Å². The predicted octanol–water partition coefficient (Wildman–Crippen LogP) is 2.22. The Balaban J connectivity index is 2.04. The zero-order valence-corrected chi connectivity index (χ0v) is 12.5. The minimum atomic E-state index is -3.45. The molecule has 2 N–H and O–H groups in total. The van der Waals surface area contributed by atoms with Gasteiger partial charge in [0.2, 0.25) is 0 Å². The number of aromatic amines is 1. The summed E-state index contributed by atoms with van der Waals surface area (Å²) in [7, 11) is -3.45. The van der Waals surface area contributed by atoms with Crippen LogP contribution in [-0.2, 0) is 16.4 Å². The number of H-pyrrole nitrogens is 1. The molecule has 2 unspecified atom stereocenters. The van der Waals surface area contributed by atoms with Gasteiger partial charge in [-0.2, -0.15) is 0 Å². The van der Waals surface area contributed by atoms with Crippen LogP contribution >= 0.6 is 0 Å². The van der Waals surface area contributed by atoms with E-state index in [1.807, 2.05) is 6.92 Å². The highest BCUT2D eigenvalue weighted by Gasteiger charge is 2.26. The van der Waals surface area contributed by atoms with Crippen molar-refractivity contribution in [1.82, 2.24) is 14.7 Å². The molecule has 1 aromatic rings. The number of aromatic nitrogens is 2. The summed E-state index contributed by atoms with van der Waals surface area (Å²) in [5.74, 6) is 1.35. The number of sulfonamides is 1. The third-order valence-corrected chi connectivity index (χ3v) is 5.34. The average Bonchev–Trinajstić information content (AvgIpc) is 2.88. The fourth-order valence-electron chi connectivity index (χ4n) is 2.71. The van der Waals surface area contributed by atoms with Gasteiger partial charge in [0.25, 0.3) is 10.0 Å². The third-order valence-electron chi connectivity index (χ3n) is 3.91. The number of rotatable bonds is 5. The molecule has 5 nitrogen and oxygen atoms in total. The van der Waals surface area contributed by atoms with Crippen LogP contribution in [0.4, 0.5) is 0 Å². The van der Waals surface area contributed by atoms with E-state index in [9.17, 15) is 8.42 Å². The van der Waals surface area contributed by atoms with Gasteiger partial charge in [-0.1, -0.05) is 33.1 Å². The van der Waals surface area contributed by atoms with Gasteiger partial charge in [-0.25, -0.2) is 18.1 Å². The average molecular weight is 285 g/mol. The molecule has 1 aliphatic carbocycles. The van der Waals surface area contributed by atoms with E-state index in [0.717, 1.165) is 25.7 Å². The Morgan fingerprint density at radius 2 is 2.21 bits per heavy atom. The van der Waals surface area contributed by atoms with Gasteiger partial charge in [0.15, 0.2) is 5.03 Å². The van der Waals surface area contributed by atoms with Crippen LogP contribution in [0, 0.1) is 5.92 Å². The highest BCUT2D eigenvalue weighted by atomic mass is 32.2. The third kappa shape index (κ3) is 3.57. The van der Waals surface area contributed by atoms with Gasteiger partial charge in [-0.05, 0) is 18.8 Å². The molecule has 2 rings (SSSR count). The molecule has 1 saturated carbocycles. The SMILES string of the molecule is CCc1ncc(S(=O)(=O)NC2CCCC(CC)C2)[nH]1. The molecule has 0 spiro atoms. The minimum absolute atomic E-state index is 0.0667. The summed E-state index contributed by atoms with van der Waals surface area (Å²) in [5.41, 5.74) is 0. The maximum Gasteiger partial charge on any atom is 0.257 e. The molecule has 0 aliphatic heterocycles. The lowest BCUT2D eigenvalue weighted by Gasteiger charge is -2.28. The zero-order chi connectivity index (χ0) is 13.9. The number of hydrogen-bond acceptors (Lipinski definition) is 3. The first-order chi connectivity index (χ1) is 9.05. The molecule has 1 aromatic heterocycles. The first kappa shape index (κ1) is 14.5. The number of hydrogen-bond donors (Lipinski definition) is 2. The van der Waals surface area contributed by atoms with Crippen LogP contribution in [0.25, 0.3) is 0 Å². The smallest absolute Gasteiger partial charge is 0.257 e. The van der Waals surface area contributed by atoms with Crippen molar-refractivity contribution in [3.63, 3.8) is 0 Å². The van der Waals surface area contributed by atoms with Gasteiger partial charge in [-0.15, -0.1) is 0 Å². The van der Waals surface area contributed by atoms with Gasteiger partial charge in [0, 0.05) is 12.5 Å². The van der Waals surface area contributed by atoms with Crippen LogP contribution in [0.3, 0.4) is 0 Å². The van der Waals surface area contributed by atoms with Crippen LogP contribution < -0.4 is 4.72 Å². The molecule has 0 aromatic carbocycles. The van der Waals surface area contributed by atoms with Gasteiger partial charge < -0.3 is 4.98 Å². The first-order valence-electron chi connectivity index (χ1n) is 7.11. The van der Waals surface area contributed by atoms with Crippen molar-refractivity contribution in [1.29, 1.82) is 0 Å². The molecule has 108 valence electrons. The number of nitrogens with one attached hydrogen (secondary N) is 2. The molecule has 0 amide bonds. The molecule has 19 heavy (non-hydrogen) atoms. The highest BCUT2D eigenvalue weighted by Crippen LogP contribution is 2.27. The van der Waals surface area contributed by atoms with Crippen molar-refractivity contribution in [3.05, 3.63) is 12.0 Å². The minimum Gasteiger partial charge on any atom is -0.332 e. The summed E-state index contributed by atoms with van der Waals surface area (Å²) in [6.07, 6.45) is 7.45. The summed E-state index contributed by atoms with van der Waals surface area (Å²) in [6.45, 7) is 4.11. The molecule has 0 bridgehead atoms. The summed E-state index contributed by atoms with van der Waals surface area (Å²) < 4.78 is 27.3. The maximum absolute atomic E-state index is 12.2. The van der Waals surface area contributed by atoms with E-state index in [1.165, 1.54) is 12.6 Å². The van der Waals surface area contributed by atoms with Crippen LogP contribution in [0.2, 0.25) is 0 Å². The molecule has 2 atom stereocenters. The Morgan fingerprint density at radius 3 is 2.84 bits per heavy atom. The van der Waals surface area contributed by atoms with E-state index in [2.05, 4.69) is 21.6 Å². The number of imidazole rings is 1. The van der Waals surface area contributed by atoms with Crippen molar-refractivity contribution in [2.75, 3.05) is 0 Å². The molecular formula is C13H23N3O2S. The zero-order valence-electron chi connectivity index (χ0n) is 11.6. The van der Waals surface area contributed by atoms with Crippen molar-refractivity contribution < 1.29 is 8.42 Å². The second-order valence-corrected chi connectivity index (χ2v) is 6.99. The lowest BCUT2D eigenvalue weighted by atomic mass is 9.85. The summed E-state index contributed by atoms with van der Waals surface area (Å²) in [4.78, 5) is 6.91. The van der Waals surface area contributed by atoms with E-state index in [1.54, 1.807) is 0 Å². The molecule has 0 saturated heterocycles. The van der Waals surface area contributed by atoms with E-state index in [4.69, 9.17) is 0 Å². The van der Waals surface area contributed by atoms with E-state index < -0.39 is 10.0 Å². The Morgan fingerprint density at radius 1 is 1.42 bits per heavy atom. The Hall–Kier alpha value is -0.880. The summed E-state index contributed by atoms with van der Waals surface area (Å²) >= 11 is 0. The van der Waals surface area contributed by atoms with Gasteiger partial charge >= 0.3 is 0 Å². The van der Waals surface area contributed by atoms with Crippen molar-refractivity contribution in [2.24, 2.45) is 5.92 Å².